The number of nitrogens with one attached hydrogen (secondary N) is 1. The second-order valence-corrected chi connectivity index (χ2v) is 5.43. The molecular weight excluding hydrogens is 286 g/mol. The van der Waals surface area contributed by atoms with Crippen molar-refractivity contribution >= 4 is 16.7 Å². The number of fused-ring (bicyclic) bond motifs is 1. The average Bonchev–Trinajstić information content (AvgIpc) is 3.14. The van der Waals surface area contributed by atoms with Crippen LogP contribution in [-0.4, -0.2) is 23.9 Å². The molecule has 23 heavy (non-hydrogen) atoms. The van der Waals surface area contributed by atoms with Gasteiger partial charge < -0.3 is 10.1 Å². The predicted octanol–water partition coefficient (Wildman–Crippen LogP) is 3.16. The van der Waals surface area contributed by atoms with Crippen LogP contribution in [0, 0.1) is 0 Å². The molecule has 0 atom stereocenters. The van der Waals surface area contributed by atoms with E-state index in [0.717, 1.165) is 46.7 Å². The van der Waals surface area contributed by atoms with Crippen molar-refractivity contribution in [1.82, 2.24) is 10.3 Å². The largest absolute Gasteiger partial charge is 0.487 e. The monoisotopic (exact) mass is 303 g/mol. The van der Waals surface area contributed by atoms with Gasteiger partial charge in [-0.2, -0.15) is 0 Å². The highest BCUT2D eigenvalue weighted by Crippen LogP contribution is 2.24. The lowest BCUT2D eigenvalue weighted by atomic mass is 10.1. The van der Waals surface area contributed by atoms with E-state index in [1.54, 1.807) is 6.20 Å². The van der Waals surface area contributed by atoms with E-state index in [9.17, 15) is 0 Å². The van der Waals surface area contributed by atoms with Crippen molar-refractivity contribution in [2.75, 3.05) is 13.1 Å². The number of aliphatic imine (C=N–C) groups is 1. The second kappa shape index (κ2) is 6.08. The van der Waals surface area contributed by atoms with Gasteiger partial charge in [0, 0.05) is 29.3 Å². The summed E-state index contributed by atoms with van der Waals surface area (Å²) in [6, 6.07) is 18.2. The Hall–Kier alpha value is -2.88. The molecule has 0 saturated carbocycles. The number of benzene rings is 2. The first-order valence-electron chi connectivity index (χ1n) is 7.75. The first kappa shape index (κ1) is 13.8. The van der Waals surface area contributed by atoms with E-state index in [4.69, 9.17) is 4.74 Å². The van der Waals surface area contributed by atoms with Crippen molar-refractivity contribution in [3.8, 4) is 5.75 Å². The molecule has 2 heterocycles. The fourth-order valence-electron chi connectivity index (χ4n) is 2.80. The van der Waals surface area contributed by atoms with E-state index >= 15 is 0 Å². The van der Waals surface area contributed by atoms with Gasteiger partial charge in [-0.15, -0.1) is 0 Å². The van der Waals surface area contributed by atoms with Crippen molar-refractivity contribution < 1.29 is 4.74 Å². The standard InChI is InChI=1S/C19H17N3O/c1-2-8-16(19-21-11-12-22-19)15(5-1)13-23-17-9-3-6-14-7-4-10-20-18(14)17/h1-10H,11-13H2,(H,21,22). The Morgan fingerprint density at radius 1 is 1.00 bits per heavy atom. The number of nitrogens with zero attached hydrogens (tertiary/aromatic N) is 2. The van der Waals surface area contributed by atoms with Crippen LogP contribution in [0.3, 0.4) is 0 Å². The molecule has 1 aliphatic rings. The number of ether oxygens (including phenoxy) is 1. The normalized spacial score (nSPS) is 13.7. The summed E-state index contributed by atoms with van der Waals surface area (Å²) in [7, 11) is 0. The van der Waals surface area contributed by atoms with E-state index in [1.807, 2.05) is 42.5 Å². The van der Waals surface area contributed by atoms with Gasteiger partial charge in [-0.25, -0.2) is 0 Å². The summed E-state index contributed by atoms with van der Waals surface area (Å²) in [6.45, 7) is 2.22. The highest BCUT2D eigenvalue weighted by atomic mass is 16.5. The molecule has 4 rings (SSSR count). The third kappa shape index (κ3) is 2.75. The smallest absolute Gasteiger partial charge is 0.146 e. The maximum absolute atomic E-state index is 6.06. The minimum Gasteiger partial charge on any atom is -0.487 e. The number of amidine groups is 1. The third-order valence-corrected chi connectivity index (χ3v) is 3.93. The first-order chi connectivity index (χ1) is 11.4. The van der Waals surface area contributed by atoms with Gasteiger partial charge in [0.15, 0.2) is 0 Å². The Labute approximate surface area is 134 Å². The highest BCUT2D eigenvalue weighted by molar-refractivity contribution is 6.01. The Kier molecular flexibility index (Phi) is 3.64. The zero-order chi connectivity index (χ0) is 15.5. The lowest BCUT2D eigenvalue weighted by Gasteiger charge is -2.12. The fraction of sp³-hybridized carbons (Fsp3) is 0.158. The molecule has 2 aromatic carbocycles. The molecule has 0 radical (unpaired) electrons. The molecule has 1 aliphatic heterocycles. The number of pyridine rings is 1. The first-order valence-corrected chi connectivity index (χ1v) is 7.75. The number of hydrogen-bond acceptors (Lipinski definition) is 4. The molecule has 0 spiro atoms. The van der Waals surface area contributed by atoms with Gasteiger partial charge in [-0.1, -0.05) is 42.5 Å². The molecule has 0 saturated heterocycles. The van der Waals surface area contributed by atoms with Crippen molar-refractivity contribution in [1.29, 1.82) is 0 Å². The van der Waals surface area contributed by atoms with Crippen molar-refractivity contribution in [2.24, 2.45) is 4.99 Å². The molecular formula is C19H17N3O. The van der Waals surface area contributed by atoms with Crippen LogP contribution in [-0.2, 0) is 6.61 Å². The number of para-hydroxylation sites is 1. The maximum atomic E-state index is 6.06. The van der Waals surface area contributed by atoms with Gasteiger partial charge in [0.2, 0.25) is 0 Å². The highest BCUT2D eigenvalue weighted by Gasteiger charge is 2.13. The molecule has 0 aliphatic carbocycles. The van der Waals surface area contributed by atoms with E-state index in [0.29, 0.717) is 6.61 Å². The summed E-state index contributed by atoms with van der Waals surface area (Å²) in [5, 5.41) is 4.41. The maximum Gasteiger partial charge on any atom is 0.146 e. The van der Waals surface area contributed by atoms with Crippen LogP contribution in [0.5, 0.6) is 5.75 Å². The third-order valence-electron chi connectivity index (χ3n) is 3.93. The summed E-state index contributed by atoms with van der Waals surface area (Å²) in [4.78, 5) is 8.94. The zero-order valence-corrected chi connectivity index (χ0v) is 12.7. The molecule has 0 fully saturated rings. The number of rotatable bonds is 4. The number of hydrogen-bond donors (Lipinski definition) is 1. The average molecular weight is 303 g/mol. The van der Waals surface area contributed by atoms with Gasteiger partial charge in [0.05, 0.1) is 6.54 Å². The molecule has 0 amide bonds. The van der Waals surface area contributed by atoms with Gasteiger partial charge in [0.25, 0.3) is 0 Å². The second-order valence-electron chi connectivity index (χ2n) is 5.43. The summed E-state index contributed by atoms with van der Waals surface area (Å²) in [5.74, 6) is 1.76. The predicted molar refractivity (Wildman–Crippen MR) is 91.9 cm³/mol. The minimum absolute atomic E-state index is 0.493. The van der Waals surface area contributed by atoms with Gasteiger partial charge in [-0.05, 0) is 12.1 Å². The topological polar surface area (TPSA) is 46.5 Å². The van der Waals surface area contributed by atoms with Crippen LogP contribution in [0.4, 0.5) is 0 Å². The molecule has 114 valence electrons. The molecule has 4 heteroatoms. The van der Waals surface area contributed by atoms with Crippen LogP contribution in [0.1, 0.15) is 11.1 Å². The minimum atomic E-state index is 0.493. The summed E-state index contributed by atoms with van der Waals surface area (Å²) in [6.07, 6.45) is 1.79. The molecule has 1 N–H and O–H groups in total. The molecule has 0 unspecified atom stereocenters. The molecule has 4 nitrogen and oxygen atoms in total. The van der Waals surface area contributed by atoms with E-state index in [-0.39, 0.29) is 0 Å². The number of aromatic nitrogens is 1. The fourth-order valence-corrected chi connectivity index (χ4v) is 2.80. The Balaban J connectivity index is 1.62. The summed E-state index contributed by atoms with van der Waals surface area (Å²) < 4.78 is 6.06. The van der Waals surface area contributed by atoms with Crippen LogP contribution < -0.4 is 10.1 Å². The summed E-state index contributed by atoms with van der Waals surface area (Å²) in [5.41, 5.74) is 3.12. The molecule has 1 aromatic heterocycles. The van der Waals surface area contributed by atoms with Crippen LogP contribution in [0.15, 0.2) is 65.8 Å². The SMILES string of the molecule is c1ccc(C2=NCCN2)c(COc2cccc3cccnc23)c1. The van der Waals surface area contributed by atoms with Gasteiger partial charge >= 0.3 is 0 Å². The van der Waals surface area contributed by atoms with Gasteiger partial charge in [-0.3, -0.25) is 9.98 Å². The quantitative estimate of drug-likeness (QED) is 0.805. The van der Waals surface area contributed by atoms with E-state index in [2.05, 4.69) is 27.4 Å². The van der Waals surface area contributed by atoms with E-state index in [1.165, 1.54) is 0 Å². The van der Waals surface area contributed by atoms with Crippen LogP contribution in [0.25, 0.3) is 10.9 Å². The van der Waals surface area contributed by atoms with Crippen molar-refractivity contribution in [3.63, 3.8) is 0 Å². The van der Waals surface area contributed by atoms with Crippen molar-refractivity contribution in [3.05, 3.63) is 71.9 Å². The van der Waals surface area contributed by atoms with E-state index < -0.39 is 0 Å². The zero-order valence-electron chi connectivity index (χ0n) is 12.7. The Morgan fingerprint density at radius 2 is 1.91 bits per heavy atom. The summed E-state index contributed by atoms with van der Waals surface area (Å²) >= 11 is 0. The Bertz CT molecular complexity index is 868. The van der Waals surface area contributed by atoms with Crippen LogP contribution >= 0.6 is 0 Å². The Morgan fingerprint density at radius 3 is 2.83 bits per heavy atom. The van der Waals surface area contributed by atoms with Gasteiger partial charge in [0.1, 0.15) is 23.7 Å². The molecule has 3 aromatic rings. The van der Waals surface area contributed by atoms with Crippen molar-refractivity contribution in [2.45, 2.75) is 6.61 Å². The lowest BCUT2D eigenvalue weighted by molar-refractivity contribution is 0.309. The molecule has 0 bridgehead atoms. The van der Waals surface area contributed by atoms with Crippen LogP contribution in [0.2, 0.25) is 0 Å². The lowest BCUT2D eigenvalue weighted by Crippen LogP contribution is -2.21.